The van der Waals surface area contributed by atoms with Crippen LogP contribution in [0, 0.1) is 0 Å². The lowest BCUT2D eigenvalue weighted by Crippen LogP contribution is -2.05. The Morgan fingerprint density at radius 2 is 1.92 bits per heavy atom. The Kier molecular flexibility index (Phi) is 4.09. The fourth-order valence-corrected chi connectivity index (χ4v) is 3.68. The minimum absolute atomic E-state index is 0.00756. The van der Waals surface area contributed by atoms with Gasteiger partial charge in [0, 0.05) is 16.1 Å². The van der Waals surface area contributed by atoms with E-state index in [2.05, 4.69) is 25.7 Å². The highest BCUT2D eigenvalue weighted by Crippen LogP contribution is 2.22. The van der Waals surface area contributed by atoms with Crippen LogP contribution >= 0.6 is 11.6 Å². The van der Waals surface area contributed by atoms with E-state index >= 15 is 0 Å². The molecule has 2 heterocycles. The molecule has 0 radical (unpaired) electrons. The predicted octanol–water partition coefficient (Wildman–Crippen LogP) is 3.32. The van der Waals surface area contributed by atoms with Crippen LogP contribution in [0.4, 0.5) is 11.7 Å². The zero-order valence-electron chi connectivity index (χ0n) is 13.2. The zero-order chi connectivity index (χ0) is 18.1. The van der Waals surface area contributed by atoms with Crippen LogP contribution in [0.3, 0.4) is 0 Å². The first-order valence-corrected chi connectivity index (χ1v) is 9.53. The van der Waals surface area contributed by atoms with Crippen LogP contribution in [0.1, 0.15) is 5.89 Å². The Morgan fingerprint density at radius 3 is 2.73 bits per heavy atom. The number of hydrogen-bond acceptors (Lipinski definition) is 7. The molecule has 0 aliphatic rings. The molecule has 2 aromatic heterocycles. The van der Waals surface area contributed by atoms with Crippen LogP contribution in [0.15, 0.2) is 58.0 Å². The number of aromatic nitrogens is 4. The number of nitrogens with one attached hydrogen (secondary N) is 2. The van der Waals surface area contributed by atoms with Crippen LogP contribution < -0.4 is 5.32 Å². The summed E-state index contributed by atoms with van der Waals surface area (Å²) in [6.45, 7) is 0. The van der Waals surface area contributed by atoms with Crippen LogP contribution in [-0.4, -0.2) is 28.8 Å². The van der Waals surface area contributed by atoms with E-state index in [0.29, 0.717) is 5.02 Å². The summed E-state index contributed by atoms with van der Waals surface area (Å²) >= 11 is 5.78. The quantitative estimate of drug-likeness (QED) is 0.538. The maximum atomic E-state index is 12.4. The molecule has 2 aromatic carbocycles. The Balaban J connectivity index is 1.51. The molecule has 0 spiro atoms. The highest BCUT2D eigenvalue weighted by atomic mass is 35.5. The minimum atomic E-state index is -3.61. The lowest BCUT2D eigenvalue weighted by atomic mass is 10.2. The number of anilines is 2. The van der Waals surface area contributed by atoms with Gasteiger partial charge in [0.1, 0.15) is 5.75 Å². The summed E-state index contributed by atoms with van der Waals surface area (Å²) in [4.78, 5) is 0.139. The zero-order valence-corrected chi connectivity index (χ0v) is 14.8. The van der Waals surface area contributed by atoms with Crippen molar-refractivity contribution in [2.75, 3.05) is 5.32 Å². The molecular weight excluding hydrogens is 378 g/mol. The fraction of sp³-hybridized carbons (Fsp3) is 0.0625. The van der Waals surface area contributed by atoms with Crippen molar-refractivity contribution in [3.8, 4) is 0 Å². The molecule has 0 amide bonds. The van der Waals surface area contributed by atoms with E-state index in [-0.39, 0.29) is 16.8 Å². The summed E-state index contributed by atoms with van der Waals surface area (Å²) in [6.07, 6.45) is 1.69. The second-order valence-corrected chi connectivity index (χ2v) is 7.94. The summed E-state index contributed by atoms with van der Waals surface area (Å²) in [5, 5.41) is 18.8. The molecule has 0 saturated carbocycles. The Hall–Kier alpha value is -2.91. The second-order valence-electron chi connectivity index (χ2n) is 5.51. The summed E-state index contributed by atoms with van der Waals surface area (Å²) in [6, 6.07) is 11.5. The van der Waals surface area contributed by atoms with Crippen LogP contribution in [0.5, 0.6) is 0 Å². The highest BCUT2D eigenvalue weighted by molar-refractivity contribution is 7.90. The molecule has 4 aromatic rings. The summed E-state index contributed by atoms with van der Waals surface area (Å²) in [5.74, 6) is -0.406. The first-order chi connectivity index (χ1) is 12.5. The van der Waals surface area contributed by atoms with E-state index in [1.807, 2.05) is 18.2 Å². The lowest BCUT2D eigenvalue weighted by Gasteiger charge is -2.02. The van der Waals surface area contributed by atoms with Gasteiger partial charge in [-0.15, -0.1) is 5.10 Å². The molecular formula is C16H12ClN5O3S. The number of sulfone groups is 1. The fourth-order valence-electron chi connectivity index (χ4n) is 2.39. The van der Waals surface area contributed by atoms with Gasteiger partial charge in [0.25, 0.3) is 0 Å². The molecule has 0 aliphatic heterocycles. The Labute approximate surface area is 153 Å². The molecule has 0 fully saturated rings. The average molecular weight is 390 g/mol. The van der Waals surface area contributed by atoms with E-state index in [4.69, 9.17) is 16.0 Å². The summed E-state index contributed by atoms with van der Waals surface area (Å²) < 4.78 is 30.2. The normalized spacial score (nSPS) is 11.7. The molecule has 8 nitrogen and oxygen atoms in total. The van der Waals surface area contributed by atoms with Crippen molar-refractivity contribution in [2.24, 2.45) is 0 Å². The molecule has 0 aliphatic carbocycles. The van der Waals surface area contributed by atoms with Crippen molar-refractivity contribution in [3.05, 3.63) is 59.6 Å². The van der Waals surface area contributed by atoms with Crippen LogP contribution in [-0.2, 0) is 15.6 Å². The third-order valence-corrected chi connectivity index (χ3v) is 5.51. The van der Waals surface area contributed by atoms with Crippen molar-refractivity contribution >= 4 is 44.0 Å². The summed E-state index contributed by atoms with van der Waals surface area (Å²) in [7, 11) is -3.61. The molecule has 0 bridgehead atoms. The monoisotopic (exact) mass is 389 g/mol. The van der Waals surface area contributed by atoms with Gasteiger partial charge in [-0.1, -0.05) is 16.7 Å². The topological polar surface area (TPSA) is 114 Å². The van der Waals surface area contributed by atoms with E-state index in [0.717, 1.165) is 16.6 Å². The maximum absolute atomic E-state index is 12.4. The SMILES string of the molecule is O=S(=O)(Cc1nnc(Nc2ccc3[nH]ncc3c2)o1)c1ccc(Cl)cc1. The number of fused-ring (bicyclic) bond motifs is 1. The maximum Gasteiger partial charge on any atom is 0.320 e. The standard InChI is InChI=1S/C16H12ClN5O3S/c17-11-1-4-13(5-2-11)26(23,24)9-15-21-22-16(25-15)19-12-3-6-14-10(7-12)8-18-20-14/h1-8H,9H2,(H,18,20)(H,19,22). The van der Waals surface area contributed by atoms with Crippen LogP contribution in [0.2, 0.25) is 5.02 Å². The second kappa shape index (κ2) is 6.43. The Bertz CT molecular complexity index is 1170. The number of H-pyrrole nitrogens is 1. The molecule has 0 atom stereocenters. The van der Waals surface area contributed by atoms with Gasteiger partial charge in [-0.3, -0.25) is 5.10 Å². The van der Waals surface area contributed by atoms with Gasteiger partial charge in [-0.05, 0) is 42.5 Å². The third kappa shape index (κ3) is 3.39. The smallest absolute Gasteiger partial charge is 0.320 e. The molecule has 2 N–H and O–H groups in total. The number of hydrogen-bond donors (Lipinski definition) is 2. The van der Waals surface area contributed by atoms with Crippen LogP contribution in [0.25, 0.3) is 10.9 Å². The van der Waals surface area contributed by atoms with Gasteiger partial charge in [0.05, 0.1) is 16.6 Å². The van der Waals surface area contributed by atoms with E-state index in [1.165, 1.54) is 24.3 Å². The van der Waals surface area contributed by atoms with Crippen molar-refractivity contribution in [1.29, 1.82) is 0 Å². The van der Waals surface area contributed by atoms with Gasteiger partial charge in [-0.25, -0.2) is 8.42 Å². The van der Waals surface area contributed by atoms with Gasteiger partial charge in [0.2, 0.25) is 5.89 Å². The van der Waals surface area contributed by atoms with Gasteiger partial charge in [0.15, 0.2) is 9.84 Å². The largest absolute Gasteiger partial charge is 0.407 e. The van der Waals surface area contributed by atoms with Crippen molar-refractivity contribution in [3.63, 3.8) is 0 Å². The molecule has 10 heteroatoms. The lowest BCUT2D eigenvalue weighted by molar-refractivity contribution is 0.521. The molecule has 26 heavy (non-hydrogen) atoms. The van der Waals surface area contributed by atoms with Crippen molar-refractivity contribution in [1.82, 2.24) is 20.4 Å². The summed E-state index contributed by atoms with van der Waals surface area (Å²) in [5.41, 5.74) is 1.62. The van der Waals surface area contributed by atoms with Gasteiger partial charge >= 0.3 is 6.01 Å². The minimum Gasteiger partial charge on any atom is -0.407 e. The van der Waals surface area contributed by atoms with Crippen molar-refractivity contribution in [2.45, 2.75) is 10.6 Å². The molecule has 0 saturated heterocycles. The molecule has 132 valence electrons. The van der Waals surface area contributed by atoms with Crippen molar-refractivity contribution < 1.29 is 12.8 Å². The number of benzene rings is 2. The first kappa shape index (κ1) is 16.6. The number of nitrogens with zero attached hydrogens (tertiary/aromatic N) is 3. The van der Waals surface area contributed by atoms with Gasteiger partial charge in [-0.2, -0.15) is 5.10 Å². The molecule has 0 unspecified atom stereocenters. The Morgan fingerprint density at radius 1 is 1.12 bits per heavy atom. The molecule has 4 rings (SSSR count). The average Bonchev–Trinajstić information content (AvgIpc) is 3.24. The van der Waals surface area contributed by atoms with E-state index in [9.17, 15) is 8.42 Å². The number of rotatable bonds is 5. The van der Waals surface area contributed by atoms with E-state index in [1.54, 1.807) is 6.20 Å². The predicted molar refractivity (Wildman–Crippen MR) is 96.0 cm³/mol. The highest BCUT2D eigenvalue weighted by Gasteiger charge is 2.19. The van der Waals surface area contributed by atoms with E-state index < -0.39 is 15.6 Å². The number of halogens is 1. The third-order valence-electron chi connectivity index (χ3n) is 3.64. The number of aromatic amines is 1. The first-order valence-electron chi connectivity index (χ1n) is 7.50. The van der Waals surface area contributed by atoms with Gasteiger partial charge < -0.3 is 9.73 Å².